The van der Waals surface area contributed by atoms with Crippen LogP contribution in [0.25, 0.3) is 0 Å². The van der Waals surface area contributed by atoms with Gasteiger partial charge in [-0.2, -0.15) is 5.26 Å². The van der Waals surface area contributed by atoms with Crippen LogP contribution in [0.3, 0.4) is 0 Å². The molecule has 6 heteroatoms. The van der Waals surface area contributed by atoms with Gasteiger partial charge < -0.3 is 10.6 Å². The minimum absolute atomic E-state index is 0.241. The van der Waals surface area contributed by atoms with Crippen molar-refractivity contribution in [3.8, 4) is 6.07 Å². The lowest BCUT2D eigenvalue weighted by Crippen LogP contribution is -2.39. The Kier molecular flexibility index (Phi) is 4.48. The van der Waals surface area contributed by atoms with Crippen molar-refractivity contribution in [3.05, 3.63) is 65.5 Å². The zero-order valence-electron chi connectivity index (χ0n) is 13.4. The highest BCUT2D eigenvalue weighted by atomic mass is 19.1. The first-order valence-electron chi connectivity index (χ1n) is 7.88. The summed E-state index contributed by atoms with van der Waals surface area (Å²) in [6.07, 6.45) is 0.981. The van der Waals surface area contributed by atoms with Crippen LogP contribution in [0.5, 0.6) is 0 Å². The molecule has 25 heavy (non-hydrogen) atoms. The molecule has 1 fully saturated rings. The maximum Gasteiger partial charge on any atom is 0.240 e. The van der Waals surface area contributed by atoms with Crippen molar-refractivity contribution in [1.82, 2.24) is 5.32 Å². The van der Waals surface area contributed by atoms with Crippen molar-refractivity contribution in [2.24, 2.45) is 5.41 Å². The molecular formula is C19H16FN3O2. The van der Waals surface area contributed by atoms with Crippen molar-refractivity contribution in [3.63, 3.8) is 0 Å². The number of carbonyl (C=O) groups excluding carboxylic acids is 2. The van der Waals surface area contributed by atoms with Gasteiger partial charge in [-0.25, -0.2) is 4.39 Å². The van der Waals surface area contributed by atoms with E-state index in [1.54, 1.807) is 36.4 Å². The van der Waals surface area contributed by atoms with Gasteiger partial charge in [-0.15, -0.1) is 0 Å². The fraction of sp³-hybridized carbons (Fsp3) is 0.211. The number of hydrogen-bond acceptors (Lipinski definition) is 3. The Balaban J connectivity index is 1.60. The second-order valence-corrected chi connectivity index (χ2v) is 6.03. The number of rotatable bonds is 5. The summed E-state index contributed by atoms with van der Waals surface area (Å²) in [5.74, 6) is -1.02. The molecule has 0 saturated heterocycles. The summed E-state index contributed by atoms with van der Waals surface area (Å²) in [6.45, 7) is 0.241. The summed E-state index contributed by atoms with van der Waals surface area (Å²) in [6, 6.07) is 14.3. The highest BCUT2D eigenvalue weighted by Crippen LogP contribution is 2.46. The molecule has 0 bridgehead atoms. The van der Waals surface area contributed by atoms with Crippen LogP contribution >= 0.6 is 0 Å². The molecule has 1 aliphatic rings. The first-order valence-corrected chi connectivity index (χ1v) is 7.88. The Labute approximate surface area is 144 Å². The first kappa shape index (κ1) is 16.7. The molecule has 2 N–H and O–H groups in total. The van der Waals surface area contributed by atoms with Crippen molar-refractivity contribution in [1.29, 1.82) is 5.26 Å². The van der Waals surface area contributed by atoms with Gasteiger partial charge in [-0.3, -0.25) is 9.59 Å². The molecular weight excluding hydrogens is 321 g/mol. The van der Waals surface area contributed by atoms with Crippen molar-refractivity contribution in [2.75, 3.05) is 5.32 Å². The second kappa shape index (κ2) is 6.73. The smallest absolute Gasteiger partial charge is 0.240 e. The van der Waals surface area contributed by atoms with Gasteiger partial charge in [0.1, 0.15) is 11.2 Å². The number of halogens is 1. The van der Waals surface area contributed by atoms with E-state index >= 15 is 0 Å². The molecule has 0 radical (unpaired) electrons. The Morgan fingerprint density at radius 1 is 1.04 bits per heavy atom. The van der Waals surface area contributed by atoms with Crippen molar-refractivity contribution < 1.29 is 14.0 Å². The molecule has 3 rings (SSSR count). The number of benzene rings is 2. The molecule has 126 valence electrons. The van der Waals surface area contributed by atoms with Gasteiger partial charge in [0.05, 0.1) is 11.6 Å². The molecule has 2 aromatic carbocycles. The van der Waals surface area contributed by atoms with Crippen LogP contribution in [0, 0.1) is 22.6 Å². The molecule has 1 saturated carbocycles. The van der Waals surface area contributed by atoms with Crippen LogP contribution in [0.4, 0.5) is 10.1 Å². The predicted molar refractivity (Wildman–Crippen MR) is 89.7 cm³/mol. The number of nitrogens with one attached hydrogen (secondary N) is 2. The summed E-state index contributed by atoms with van der Waals surface area (Å²) >= 11 is 0. The summed E-state index contributed by atoms with van der Waals surface area (Å²) in [4.78, 5) is 24.9. The zero-order chi connectivity index (χ0) is 17.9. The zero-order valence-corrected chi connectivity index (χ0v) is 13.4. The molecule has 0 aromatic heterocycles. The van der Waals surface area contributed by atoms with Crippen LogP contribution in [0.15, 0.2) is 48.5 Å². The lowest BCUT2D eigenvalue weighted by atomic mass is 10.0. The van der Waals surface area contributed by atoms with Gasteiger partial charge in [-0.1, -0.05) is 12.1 Å². The van der Waals surface area contributed by atoms with Crippen LogP contribution in [0.1, 0.15) is 24.0 Å². The van der Waals surface area contributed by atoms with E-state index in [1.165, 1.54) is 12.1 Å². The van der Waals surface area contributed by atoms with Crippen molar-refractivity contribution >= 4 is 17.5 Å². The Hall–Kier alpha value is -3.20. The summed E-state index contributed by atoms with van der Waals surface area (Å²) < 4.78 is 12.9. The average molecular weight is 337 g/mol. The van der Waals surface area contributed by atoms with Crippen LogP contribution in [-0.2, 0) is 16.1 Å². The number of amides is 2. The Bertz CT molecular complexity index is 834. The third kappa shape index (κ3) is 3.66. The summed E-state index contributed by atoms with van der Waals surface area (Å²) in [7, 11) is 0. The number of anilines is 1. The van der Waals surface area contributed by atoms with Crippen molar-refractivity contribution in [2.45, 2.75) is 19.4 Å². The second-order valence-electron chi connectivity index (χ2n) is 6.03. The molecule has 0 atom stereocenters. The molecule has 1 aliphatic carbocycles. The molecule has 0 aliphatic heterocycles. The quantitative estimate of drug-likeness (QED) is 0.823. The van der Waals surface area contributed by atoms with E-state index in [4.69, 9.17) is 5.26 Å². The highest BCUT2D eigenvalue weighted by molar-refractivity contribution is 6.13. The van der Waals surface area contributed by atoms with E-state index in [0.717, 1.165) is 5.56 Å². The maximum absolute atomic E-state index is 12.9. The number of hydrogen-bond donors (Lipinski definition) is 2. The molecule has 2 amide bonds. The van der Waals surface area contributed by atoms with E-state index in [0.29, 0.717) is 24.1 Å². The predicted octanol–water partition coefficient (Wildman–Crippen LogP) is 2.73. The number of nitriles is 1. The van der Waals surface area contributed by atoms with E-state index < -0.39 is 5.41 Å². The molecule has 2 aromatic rings. The lowest BCUT2D eigenvalue weighted by Gasteiger charge is -2.15. The largest absolute Gasteiger partial charge is 0.351 e. The lowest BCUT2D eigenvalue weighted by molar-refractivity contribution is -0.134. The van der Waals surface area contributed by atoms with Gasteiger partial charge >= 0.3 is 0 Å². The molecule has 0 unspecified atom stereocenters. The molecule has 0 spiro atoms. The Morgan fingerprint density at radius 2 is 1.68 bits per heavy atom. The SMILES string of the molecule is N#Cc1ccc(NC(=O)C2(C(=O)NCc3ccc(F)cc3)CC2)cc1. The van der Waals surface area contributed by atoms with E-state index in [2.05, 4.69) is 10.6 Å². The fourth-order valence-electron chi connectivity index (χ4n) is 2.51. The van der Waals surface area contributed by atoms with Gasteiger partial charge in [0.15, 0.2) is 0 Å². The number of carbonyl (C=O) groups is 2. The van der Waals surface area contributed by atoms with E-state index in [1.807, 2.05) is 6.07 Å². The minimum Gasteiger partial charge on any atom is -0.351 e. The van der Waals surface area contributed by atoms with Gasteiger partial charge in [-0.05, 0) is 54.8 Å². The Morgan fingerprint density at radius 3 is 2.24 bits per heavy atom. The fourth-order valence-corrected chi connectivity index (χ4v) is 2.51. The highest BCUT2D eigenvalue weighted by Gasteiger charge is 2.56. The van der Waals surface area contributed by atoms with Gasteiger partial charge in [0.2, 0.25) is 11.8 Å². The summed E-state index contributed by atoms with van der Waals surface area (Å²) in [5, 5.41) is 14.2. The van der Waals surface area contributed by atoms with Crippen LogP contribution in [0.2, 0.25) is 0 Å². The normalized spacial score (nSPS) is 14.2. The van der Waals surface area contributed by atoms with Crippen LogP contribution < -0.4 is 10.6 Å². The molecule has 0 heterocycles. The topological polar surface area (TPSA) is 82.0 Å². The van der Waals surface area contributed by atoms with E-state index in [-0.39, 0.29) is 24.2 Å². The van der Waals surface area contributed by atoms with Crippen LogP contribution in [-0.4, -0.2) is 11.8 Å². The third-order valence-corrected chi connectivity index (χ3v) is 4.26. The minimum atomic E-state index is -1.05. The van der Waals surface area contributed by atoms with Gasteiger partial charge in [0, 0.05) is 12.2 Å². The monoisotopic (exact) mass is 337 g/mol. The van der Waals surface area contributed by atoms with E-state index in [9.17, 15) is 14.0 Å². The molecule has 5 nitrogen and oxygen atoms in total. The van der Waals surface area contributed by atoms with Gasteiger partial charge in [0.25, 0.3) is 0 Å². The number of nitrogens with zero attached hydrogens (tertiary/aromatic N) is 1. The average Bonchev–Trinajstić information content (AvgIpc) is 3.44. The standard InChI is InChI=1S/C19H16FN3O2/c20-15-5-1-14(2-6-15)12-22-17(24)19(9-10-19)18(25)23-16-7-3-13(11-21)4-8-16/h1-8H,9-10,12H2,(H,22,24)(H,23,25). The first-order chi connectivity index (χ1) is 12.0. The maximum atomic E-state index is 12.9. The summed E-state index contributed by atoms with van der Waals surface area (Å²) in [5.41, 5.74) is 0.754. The third-order valence-electron chi connectivity index (χ3n) is 4.26.